The quantitative estimate of drug-likeness (QED) is 0.363. The van der Waals surface area contributed by atoms with E-state index in [0.29, 0.717) is 11.5 Å². The predicted molar refractivity (Wildman–Crippen MR) is 114 cm³/mol. The highest BCUT2D eigenvalue weighted by Crippen LogP contribution is 2.63. The highest BCUT2D eigenvalue weighted by Gasteiger charge is 2.61. The van der Waals surface area contributed by atoms with Crippen molar-refractivity contribution in [1.82, 2.24) is 19.5 Å². The number of rotatable bonds is 7. The van der Waals surface area contributed by atoms with Gasteiger partial charge in [-0.05, 0) is 26.2 Å². The summed E-state index contributed by atoms with van der Waals surface area (Å²) in [5.41, 5.74) is 5.16. The molecule has 4 rings (SSSR count). The van der Waals surface area contributed by atoms with Crippen molar-refractivity contribution in [2.24, 2.45) is 0 Å². The molecule has 2 aliphatic heterocycles. The van der Waals surface area contributed by atoms with Crippen LogP contribution in [0, 0.1) is 0 Å². The molecule has 4 unspecified atom stereocenters. The van der Waals surface area contributed by atoms with E-state index in [1.54, 1.807) is 27.7 Å². The molecule has 178 valence electrons. The Morgan fingerprint density at radius 3 is 2.47 bits per heavy atom. The first-order valence-electron chi connectivity index (χ1n) is 10.7. The number of fused-ring (bicyclic) bond motifs is 6. The van der Waals surface area contributed by atoms with E-state index in [1.165, 1.54) is 10.9 Å². The summed E-state index contributed by atoms with van der Waals surface area (Å²) in [5.74, 6) is -0.423. The van der Waals surface area contributed by atoms with Gasteiger partial charge in [-0.3, -0.25) is 13.7 Å². The second kappa shape index (κ2) is 7.69. The standard InChI is InChI=1S/C19H30N5O7P/c1-5-18(4,31-32(28,29)19(27,6-2)7-3)9-13-11(25)12(26)17(30-13)24-15(9)23-10-14(20)21-8-22-16(10)24/h8-9,11-13,17,25-27H,5-7H2,1-4H3,(H,28,29)(H2,20,21,22)/t9-,11+,12-,13?,17?,18?/m1/s1. The average Bonchev–Trinajstić information content (AvgIpc) is 3.26. The second-order valence-corrected chi connectivity index (χ2v) is 10.7. The number of aromatic nitrogens is 4. The number of anilines is 1. The lowest BCUT2D eigenvalue weighted by molar-refractivity contribution is -0.110. The maximum Gasteiger partial charge on any atom is 0.359 e. The SMILES string of the molecule is CCC(C)(OP(=O)(O)C(O)(CC)CC)[C@H]1c2nc3c(N)ncnc3n2C2OC1[C@@H](O)[C@H]2O. The van der Waals surface area contributed by atoms with Crippen molar-refractivity contribution in [3.8, 4) is 0 Å². The minimum absolute atomic E-state index is 0.00964. The number of aliphatic hydroxyl groups excluding tert-OH is 2. The fourth-order valence-corrected chi connectivity index (χ4v) is 6.49. The lowest BCUT2D eigenvalue weighted by Gasteiger charge is -2.44. The molecule has 7 atom stereocenters. The average molecular weight is 471 g/mol. The summed E-state index contributed by atoms with van der Waals surface area (Å²) in [5, 5.41) is 30.3. The molecule has 1 saturated heterocycles. The molecule has 32 heavy (non-hydrogen) atoms. The third-order valence-electron chi connectivity index (χ3n) is 7.02. The lowest BCUT2D eigenvalue weighted by Crippen LogP contribution is -2.48. The summed E-state index contributed by atoms with van der Waals surface area (Å²) in [6.45, 7) is 6.56. The van der Waals surface area contributed by atoms with Crippen molar-refractivity contribution in [3.05, 3.63) is 12.2 Å². The minimum Gasteiger partial charge on any atom is -0.387 e. The number of imidazole rings is 1. The topological polar surface area (TPSA) is 186 Å². The van der Waals surface area contributed by atoms with E-state index in [9.17, 15) is 24.8 Å². The van der Waals surface area contributed by atoms with E-state index in [4.69, 9.17) is 15.0 Å². The third-order valence-corrected chi connectivity index (χ3v) is 9.37. The number of aliphatic hydroxyl groups is 3. The number of hydrogen-bond donors (Lipinski definition) is 5. The van der Waals surface area contributed by atoms with Gasteiger partial charge in [-0.25, -0.2) is 15.0 Å². The monoisotopic (exact) mass is 471 g/mol. The molecule has 2 aliphatic rings. The van der Waals surface area contributed by atoms with Crippen molar-refractivity contribution < 1.29 is 34.0 Å². The van der Waals surface area contributed by atoms with Crippen LogP contribution in [0.25, 0.3) is 11.2 Å². The molecule has 2 aromatic rings. The number of nitrogens with two attached hydrogens (primary N) is 1. The van der Waals surface area contributed by atoms with Crippen LogP contribution in [-0.4, -0.2) is 69.0 Å². The maximum atomic E-state index is 13.3. The van der Waals surface area contributed by atoms with Crippen molar-refractivity contribution in [3.63, 3.8) is 0 Å². The van der Waals surface area contributed by atoms with E-state index < -0.39 is 49.0 Å². The first kappa shape index (κ1) is 23.5. The fraction of sp³-hybridized carbons (Fsp3) is 0.737. The van der Waals surface area contributed by atoms with Gasteiger partial charge < -0.3 is 30.7 Å². The largest absolute Gasteiger partial charge is 0.387 e. The number of nitrogens with zero attached hydrogens (tertiary/aromatic N) is 4. The van der Waals surface area contributed by atoms with Gasteiger partial charge in [0, 0.05) is 0 Å². The number of hydrogen-bond acceptors (Lipinski definition) is 10. The Labute approximate surface area is 184 Å². The molecule has 0 amide bonds. The van der Waals surface area contributed by atoms with E-state index in [-0.39, 0.29) is 30.6 Å². The maximum absolute atomic E-state index is 13.3. The van der Waals surface area contributed by atoms with Gasteiger partial charge in [-0.15, -0.1) is 0 Å². The molecule has 12 nitrogen and oxygen atoms in total. The molecule has 0 aliphatic carbocycles. The van der Waals surface area contributed by atoms with Crippen LogP contribution < -0.4 is 5.73 Å². The van der Waals surface area contributed by atoms with Crippen molar-refractivity contribution >= 4 is 24.6 Å². The Kier molecular flexibility index (Phi) is 5.65. The van der Waals surface area contributed by atoms with Gasteiger partial charge in [0.1, 0.15) is 30.5 Å². The van der Waals surface area contributed by atoms with Gasteiger partial charge in [-0.2, -0.15) is 0 Å². The van der Waals surface area contributed by atoms with Crippen LogP contribution in [0.15, 0.2) is 6.33 Å². The molecule has 2 bridgehead atoms. The van der Waals surface area contributed by atoms with Gasteiger partial charge in [0.05, 0.1) is 11.5 Å². The van der Waals surface area contributed by atoms with E-state index in [0.717, 1.165) is 0 Å². The molecular weight excluding hydrogens is 441 g/mol. The van der Waals surface area contributed by atoms with Crippen molar-refractivity contribution in [1.29, 1.82) is 0 Å². The molecule has 0 aromatic carbocycles. The Morgan fingerprint density at radius 1 is 1.22 bits per heavy atom. The van der Waals surface area contributed by atoms with Crippen LogP contribution in [0.3, 0.4) is 0 Å². The first-order chi connectivity index (χ1) is 14.9. The highest BCUT2D eigenvalue weighted by molar-refractivity contribution is 7.54. The molecule has 1 fully saturated rings. The van der Waals surface area contributed by atoms with Crippen LogP contribution >= 0.6 is 7.60 Å². The summed E-state index contributed by atoms with van der Waals surface area (Å²) in [6.07, 6.45) is -3.05. The van der Waals surface area contributed by atoms with Crippen LogP contribution in [0.1, 0.15) is 64.9 Å². The summed E-state index contributed by atoms with van der Waals surface area (Å²) in [6, 6.07) is 0. The first-order valence-corrected chi connectivity index (χ1v) is 12.3. The molecule has 6 N–H and O–H groups in total. The van der Waals surface area contributed by atoms with Gasteiger partial charge in [-0.1, -0.05) is 20.8 Å². The fourth-order valence-electron chi connectivity index (χ4n) is 4.71. The highest BCUT2D eigenvalue weighted by atomic mass is 31.2. The van der Waals surface area contributed by atoms with Crippen LogP contribution in [0.5, 0.6) is 0 Å². The van der Waals surface area contributed by atoms with Gasteiger partial charge in [0.15, 0.2) is 28.6 Å². The Bertz CT molecular complexity index is 1080. The minimum atomic E-state index is -4.57. The van der Waals surface area contributed by atoms with E-state index >= 15 is 0 Å². The second-order valence-electron chi connectivity index (χ2n) is 8.69. The lowest BCUT2D eigenvalue weighted by atomic mass is 9.80. The Hall–Kier alpha value is -1.66. The molecule has 0 spiro atoms. The zero-order valence-corrected chi connectivity index (χ0v) is 19.3. The molecule has 4 heterocycles. The molecule has 2 aromatic heterocycles. The summed E-state index contributed by atoms with van der Waals surface area (Å²) in [7, 11) is -4.57. The van der Waals surface area contributed by atoms with Gasteiger partial charge in [0.2, 0.25) is 0 Å². The van der Waals surface area contributed by atoms with Gasteiger partial charge >= 0.3 is 7.60 Å². The molecular formula is C19H30N5O7P. The predicted octanol–water partition coefficient (Wildman–Crippen LogP) is 1.00. The number of ether oxygens (including phenoxy) is 1. The van der Waals surface area contributed by atoms with Crippen molar-refractivity contribution in [2.75, 3.05) is 5.73 Å². The van der Waals surface area contributed by atoms with Crippen LogP contribution in [-0.2, 0) is 13.8 Å². The zero-order chi connectivity index (χ0) is 23.6. The Balaban J connectivity index is 1.89. The zero-order valence-electron chi connectivity index (χ0n) is 18.4. The normalized spacial score (nSPS) is 31.3. The summed E-state index contributed by atoms with van der Waals surface area (Å²) in [4.78, 5) is 23.6. The number of nitrogen functional groups attached to an aromatic ring is 1. The molecule has 13 heteroatoms. The third kappa shape index (κ3) is 3.12. The van der Waals surface area contributed by atoms with E-state index in [2.05, 4.69) is 15.0 Å². The molecule has 0 saturated carbocycles. The van der Waals surface area contributed by atoms with E-state index in [1.807, 2.05) is 0 Å². The smallest absolute Gasteiger partial charge is 0.359 e. The van der Waals surface area contributed by atoms with Crippen molar-refractivity contribution in [2.45, 2.75) is 88.4 Å². The summed E-state index contributed by atoms with van der Waals surface area (Å²) >= 11 is 0. The van der Waals surface area contributed by atoms with Crippen LogP contribution in [0.2, 0.25) is 0 Å². The summed E-state index contributed by atoms with van der Waals surface area (Å²) < 4.78 is 26.6. The van der Waals surface area contributed by atoms with Crippen LogP contribution in [0.4, 0.5) is 5.82 Å². The Morgan fingerprint density at radius 2 is 1.88 bits per heavy atom. The molecule has 0 radical (unpaired) electrons. The van der Waals surface area contributed by atoms with Gasteiger partial charge in [0.25, 0.3) is 0 Å².